The van der Waals surface area contributed by atoms with E-state index in [0.29, 0.717) is 25.8 Å². The van der Waals surface area contributed by atoms with Crippen LogP contribution in [0.5, 0.6) is 0 Å². The van der Waals surface area contributed by atoms with Crippen molar-refractivity contribution < 1.29 is 33.4 Å². The summed E-state index contributed by atoms with van der Waals surface area (Å²) in [5.41, 5.74) is -0.909. The molecule has 1 amide bonds. The van der Waals surface area contributed by atoms with Gasteiger partial charge < -0.3 is 19.1 Å². The molecule has 1 aromatic rings. The summed E-state index contributed by atoms with van der Waals surface area (Å²) in [5, 5.41) is 0. The van der Waals surface area contributed by atoms with E-state index in [1.807, 2.05) is 45.9 Å². The Morgan fingerprint density at radius 2 is 1.59 bits per heavy atom. The lowest BCUT2D eigenvalue weighted by Crippen LogP contribution is -2.65. The summed E-state index contributed by atoms with van der Waals surface area (Å²) < 4.78 is 18.3. The largest absolute Gasteiger partial charge is 0.458 e. The lowest BCUT2D eigenvalue weighted by Gasteiger charge is -2.62. The molecule has 1 aromatic carbocycles. The first-order valence-electron chi connectivity index (χ1n) is 16.5. The van der Waals surface area contributed by atoms with Crippen molar-refractivity contribution in [2.75, 3.05) is 13.7 Å². The number of fused-ring (bicyclic) bond motifs is 2. The molecule has 3 aliphatic rings. The molecule has 3 fully saturated rings. The van der Waals surface area contributed by atoms with Crippen molar-refractivity contribution in [1.29, 1.82) is 0 Å². The van der Waals surface area contributed by atoms with Crippen LogP contribution >= 0.6 is 0 Å². The zero-order chi connectivity index (χ0) is 32.6. The van der Waals surface area contributed by atoms with Crippen LogP contribution in [0.1, 0.15) is 93.1 Å². The summed E-state index contributed by atoms with van der Waals surface area (Å²) >= 11 is 0. The molecule has 2 aliphatic heterocycles. The monoisotopic (exact) mass is 611 g/mol. The fraction of sp³-hybridized carbons (Fsp3) is 0.722. The maximum Gasteiger partial charge on any atom is 0.410 e. The van der Waals surface area contributed by atoms with Crippen molar-refractivity contribution in [3.8, 4) is 0 Å². The molecule has 0 unspecified atom stereocenters. The Hall–Kier alpha value is -2.74. The third-order valence-corrected chi connectivity index (χ3v) is 11.0. The second-order valence-corrected chi connectivity index (χ2v) is 14.6. The third-order valence-electron chi connectivity index (χ3n) is 11.0. The normalized spacial score (nSPS) is 37.8. The fourth-order valence-corrected chi connectivity index (χ4v) is 9.17. The first-order chi connectivity index (χ1) is 20.6. The number of benzene rings is 1. The average Bonchev–Trinajstić information content (AvgIpc) is 3.24. The van der Waals surface area contributed by atoms with Crippen molar-refractivity contribution in [3.05, 3.63) is 35.9 Å². The van der Waals surface area contributed by atoms with Gasteiger partial charge in [0, 0.05) is 37.3 Å². The molecule has 0 aromatic heterocycles. The predicted octanol–water partition coefficient (Wildman–Crippen LogP) is 6.43. The summed E-state index contributed by atoms with van der Waals surface area (Å²) in [7, 11) is 1.66. The average molecular weight is 612 g/mol. The van der Waals surface area contributed by atoms with Gasteiger partial charge in [0.25, 0.3) is 0 Å². The summed E-state index contributed by atoms with van der Waals surface area (Å²) in [5.74, 6) is -3.40. The number of ether oxygens (including phenoxy) is 3. The molecule has 244 valence electrons. The van der Waals surface area contributed by atoms with Crippen LogP contribution in [0.25, 0.3) is 0 Å². The smallest absolute Gasteiger partial charge is 0.410 e. The highest BCUT2D eigenvalue weighted by Gasteiger charge is 2.64. The number of hydrogen-bond acceptors (Lipinski definition) is 7. The molecular weight excluding hydrogens is 558 g/mol. The molecule has 2 heterocycles. The van der Waals surface area contributed by atoms with Crippen LogP contribution in [-0.4, -0.2) is 65.5 Å². The summed E-state index contributed by atoms with van der Waals surface area (Å²) in [6.07, 6.45) is 2.69. The Bertz CT molecular complexity index is 1230. The lowest BCUT2D eigenvalue weighted by molar-refractivity contribution is -0.226. The van der Waals surface area contributed by atoms with Gasteiger partial charge >= 0.3 is 12.1 Å². The molecule has 9 atom stereocenters. The zero-order valence-electron chi connectivity index (χ0n) is 28.2. The number of carbonyl (C=O) groups excluding carboxylic acids is 4. The summed E-state index contributed by atoms with van der Waals surface area (Å²) in [6.45, 7) is 15.6. The highest BCUT2D eigenvalue weighted by atomic mass is 16.6. The first-order valence-corrected chi connectivity index (χ1v) is 16.5. The minimum atomic E-state index is -1.27. The van der Waals surface area contributed by atoms with E-state index in [4.69, 9.17) is 14.2 Å². The number of methoxy groups -OCH3 is 1. The number of unbranched alkanes of at least 4 members (excludes halogenated alkanes) is 1. The molecule has 1 saturated carbocycles. The van der Waals surface area contributed by atoms with E-state index in [0.717, 1.165) is 19.3 Å². The lowest BCUT2D eigenvalue weighted by atomic mass is 9.46. The van der Waals surface area contributed by atoms with Crippen LogP contribution in [0.3, 0.4) is 0 Å². The van der Waals surface area contributed by atoms with Gasteiger partial charge in [0.2, 0.25) is 0 Å². The molecule has 8 nitrogen and oxygen atoms in total. The fourth-order valence-electron chi connectivity index (χ4n) is 9.17. The SMILES string of the molecule is CC[C@H]1OC(=O)[C@H](C)C(=O)[C@H](C)[C@H]2C(C)(C)C[C@@]2(OC)C[C@@H](C)C(=O)[C@H](C)[C@H]2N(CCCCc3ccccc3)C(=O)O[C@]12C. The molecule has 0 bridgehead atoms. The van der Waals surface area contributed by atoms with Gasteiger partial charge in [-0.15, -0.1) is 0 Å². The van der Waals surface area contributed by atoms with Gasteiger partial charge in [-0.25, -0.2) is 4.79 Å². The third kappa shape index (κ3) is 6.08. The second kappa shape index (κ2) is 12.9. The number of esters is 1. The maximum absolute atomic E-state index is 14.3. The van der Waals surface area contributed by atoms with Gasteiger partial charge in [0.05, 0.1) is 11.6 Å². The first kappa shape index (κ1) is 34.1. The highest BCUT2D eigenvalue weighted by molar-refractivity contribution is 6.00. The number of amides is 1. The number of rotatable bonds is 7. The summed E-state index contributed by atoms with van der Waals surface area (Å²) in [6, 6.07) is 9.57. The van der Waals surface area contributed by atoms with Gasteiger partial charge in [-0.3, -0.25) is 14.4 Å². The summed E-state index contributed by atoms with van der Waals surface area (Å²) in [4.78, 5) is 56.9. The zero-order valence-corrected chi connectivity index (χ0v) is 28.2. The van der Waals surface area contributed by atoms with E-state index in [-0.39, 0.29) is 28.8 Å². The molecule has 8 heteroatoms. The number of carbonyl (C=O) groups is 4. The molecule has 0 spiro atoms. The molecule has 0 radical (unpaired) electrons. The number of hydrogen-bond donors (Lipinski definition) is 0. The van der Waals surface area contributed by atoms with Crippen LogP contribution in [0.2, 0.25) is 0 Å². The molecule has 4 rings (SSSR count). The topological polar surface area (TPSA) is 99.2 Å². The van der Waals surface area contributed by atoms with E-state index < -0.39 is 53.2 Å². The van der Waals surface area contributed by atoms with Crippen LogP contribution < -0.4 is 0 Å². The van der Waals surface area contributed by atoms with Gasteiger partial charge in [-0.05, 0) is 63.4 Å². The Kier molecular flexibility index (Phi) is 10.0. The quantitative estimate of drug-likeness (QED) is 0.199. The number of aryl methyl sites for hydroxylation is 1. The molecule has 44 heavy (non-hydrogen) atoms. The standard InChI is InChI=1S/C36H53NO7/c1-10-27-35(8)31(37(33(41)44-35)19-15-14-18-26-16-12-11-13-17-26)24(4)28(38)22(2)20-36(42-9)21-34(6,7)30(36)23(3)29(39)25(5)32(40)43-27/h11-13,16-17,22-25,27,30-31H,10,14-15,18-21H2,1-9H3/t22-,23+,24+,25-,27-,30+,31-,35-,36+/m1/s1. The molecular formula is C36H53NO7. The number of cyclic esters (lactones) is 1. The van der Waals surface area contributed by atoms with Crippen LogP contribution in [0.15, 0.2) is 30.3 Å². The minimum absolute atomic E-state index is 0.0132. The molecule has 1 aliphatic carbocycles. The van der Waals surface area contributed by atoms with E-state index in [2.05, 4.69) is 26.0 Å². The Balaban J connectivity index is 1.69. The maximum atomic E-state index is 14.3. The second-order valence-electron chi connectivity index (χ2n) is 14.6. The molecule has 0 N–H and O–H groups in total. The van der Waals surface area contributed by atoms with Crippen molar-refractivity contribution in [2.45, 2.75) is 117 Å². The number of ketones is 2. The van der Waals surface area contributed by atoms with Crippen LogP contribution in [0, 0.1) is 35.0 Å². The van der Waals surface area contributed by atoms with Crippen molar-refractivity contribution in [3.63, 3.8) is 0 Å². The van der Waals surface area contributed by atoms with E-state index in [1.54, 1.807) is 25.9 Å². The van der Waals surface area contributed by atoms with E-state index in [1.165, 1.54) is 5.56 Å². The van der Waals surface area contributed by atoms with Crippen molar-refractivity contribution in [1.82, 2.24) is 4.90 Å². The Labute approximate surface area is 263 Å². The number of nitrogens with zero attached hydrogens (tertiary/aromatic N) is 1. The van der Waals surface area contributed by atoms with E-state index >= 15 is 0 Å². The van der Waals surface area contributed by atoms with Gasteiger partial charge in [0.15, 0.2) is 5.60 Å². The van der Waals surface area contributed by atoms with Crippen molar-refractivity contribution >= 4 is 23.6 Å². The predicted molar refractivity (Wildman–Crippen MR) is 168 cm³/mol. The minimum Gasteiger partial charge on any atom is -0.458 e. The van der Waals surface area contributed by atoms with Gasteiger partial charge in [0.1, 0.15) is 23.6 Å². The Morgan fingerprint density at radius 1 is 0.932 bits per heavy atom. The Morgan fingerprint density at radius 3 is 2.18 bits per heavy atom. The highest BCUT2D eigenvalue weighted by Crippen LogP contribution is 2.61. The van der Waals surface area contributed by atoms with E-state index in [9.17, 15) is 19.2 Å². The number of Topliss-reactive ketones (excluding diaryl/α,β-unsaturated/α-hetero) is 2. The molecule has 2 saturated heterocycles. The van der Waals surface area contributed by atoms with Crippen LogP contribution in [-0.2, 0) is 35.0 Å². The van der Waals surface area contributed by atoms with Gasteiger partial charge in [-0.2, -0.15) is 0 Å². The van der Waals surface area contributed by atoms with Crippen molar-refractivity contribution in [2.24, 2.45) is 35.0 Å². The van der Waals surface area contributed by atoms with Crippen LogP contribution in [0.4, 0.5) is 4.79 Å². The van der Waals surface area contributed by atoms with Gasteiger partial charge in [-0.1, -0.05) is 71.9 Å².